The van der Waals surface area contributed by atoms with E-state index in [2.05, 4.69) is 27.7 Å². The second-order valence-electron chi connectivity index (χ2n) is 5.81. The number of carbonyl (C=O) groups is 1. The van der Waals surface area contributed by atoms with Gasteiger partial charge in [-0.15, -0.1) is 0 Å². The fourth-order valence-electron chi connectivity index (χ4n) is 2.36. The summed E-state index contributed by atoms with van der Waals surface area (Å²) in [7, 11) is 0. The molecule has 2 rings (SSSR count). The Kier molecular flexibility index (Phi) is 6.68. The molecule has 122 valence electrons. The number of nitrogens with one attached hydrogen (secondary N) is 2. The van der Waals surface area contributed by atoms with Gasteiger partial charge in [0.2, 0.25) is 0 Å². The van der Waals surface area contributed by atoms with Gasteiger partial charge >= 0.3 is 6.03 Å². The zero-order valence-electron chi connectivity index (χ0n) is 13.6. The monoisotopic (exact) mass is 305 g/mol. The lowest BCUT2D eigenvalue weighted by atomic mass is 10.1. The molecular formula is C17H27N3O2. The van der Waals surface area contributed by atoms with Gasteiger partial charge in [-0.1, -0.05) is 19.1 Å². The lowest BCUT2D eigenvalue weighted by molar-refractivity contribution is 0.0384. The summed E-state index contributed by atoms with van der Waals surface area (Å²) in [6.45, 7) is 8.83. The van der Waals surface area contributed by atoms with Crippen molar-refractivity contribution in [1.82, 2.24) is 10.2 Å². The van der Waals surface area contributed by atoms with Crippen LogP contribution in [0.1, 0.15) is 25.8 Å². The Morgan fingerprint density at radius 3 is 2.59 bits per heavy atom. The number of hydrogen-bond donors (Lipinski definition) is 2. The highest BCUT2D eigenvalue weighted by molar-refractivity contribution is 5.89. The van der Waals surface area contributed by atoms with Crippen LogP contribution in [0.15, 0.2) is 24.3 Å². The number of amides is 2. The van der Waals surface area contributed by atoms with Crippen LogP contribution in [0, 0.1) is 0 Å². The molecule has 1 atom stereocenters. The number of morpholine rings is 1. The van der Waals surface area contributed by atoms with Gasteiger partial charge in [-0.3, -0.25) is 4.90 Å². The maximum Gasteiger partial charge on any atom is 0.319 e. The van der Waals surface area contributed by atoms with Crippen LogP contribution in [-0.4, -0.2) is 49.8 Å². The van der Waals surface area contributed by atoms with E-state index >= 15 is 0 Å². The largest absolute Gasteiger partial charge is 0.379 e. The Hall–Kier alpha value is -1.59. The zero-order chi connectivity index (χ0) is 15.8. The summed E-state index contributed by atoms with van der Waals surface area (Å²) < 4.78 is 5.35. The van der Waals surface area contributed by atoms with Crippen LogP contribution in [0.5, 0.6) is 0 Å². The topological polar surface area (TPSA) is 53.6 Å². The van der Waals surface area contributed by atoms with Crippen molar-refractivity contribution in [3.63, 3.8) is 0 Å². The van der Waals surface area contributed by atoms with E-state index in [4.69, 9.17) is 4.74 Å². The molecule has 1 saturated heterocycles. The van der Waals surface area contributed by atoms with Gasteiger partial charge in [0.05, 0.1) is 13.2 Å². The first-order valence-electron chi connectivity index (χ1n) is 8.14. The van der Waals surface area contributed by atoms with Crippen molar-refractivity contribution in [3.05, 3.63) is 29.8 Å². The van der Waals surface area contributed by atoms with E-state index in [0.717, 1.165) is 51.4 Å². The summed E-state index contributed by atoms with van der Waals surface area (Å²) in [4.78, 5) is 14.2. The maximum atomic E-state index is 11.8. The summed E-state index contributed by atoms with van der Waals surface area (Å²) in [6, 6.07) is 8.14. The molecule has 2 N–H and O–H groups in total. The molecule has 1 heterocycles. The van der Waals surface area contributed by atoms with Crippen LogP contribution < -0.4 is 10.6 Å². The predicted octanol–water partition coefficient (Wildman–Crippen LogP) is 2.48. The van der Waals surface area contributed by atoms with E-state index < -0.39 is 0 Å². The van der Waals surface area contributed by atoms with Crippen LogP contribution in [0.3, 0.4) is 0 Å². The predicted molar refractivity (Wildman–Crippen MR) is 89.3 cm³/mol. The molecule has 5 heteroatoms. The van der Waals surface area contributed by atoms with Gasteiger partial charge in [0.25, 0.3) is 0 Å². The number of nitrogens with zero attached hydrogens (tertiary/aromatic N) is 1. The molecule has 2 amide bonds. The average molecular weight is 305 g/mol. The van der Waals surface area contributed by atoms with Gasteiger partial charge < -0.3 is 15.4 Å². The molecule has 1 aliphatic heterocycles. The molecule has 1 aromatic rings. The van der Waals surface area contributed by atoms with Crippen molar-refractivity contribution in [1.29, 1.82) is 0 Å². The van der Waals surface area contributed by atoms with Gasteiger partial charge in [-0.25, -0.2) is 4.79 Å². The third-order valence-electron chi connectivity index (χ3n) is 4.02. The standard InChI is InChI=1S/C17H27N3O2/c1-3-14(2)18-17(21)19-16-6-4-15(5-7-16)8-9-20-10-12-22-13-11-20/h4-7,14H,3,8-13H2,1-2H3,(H2,18,19,21)/t14-/m1/s1. The summed E-state index contributed by atoms with van der Waals surface area (Å²) in [5.41, 5.74) is 2.12. The molecule has 0 radical (unpaired) electrons. The van der Waals surface area contributed by atoms with Crippen LogP contribution in [0.2, 0.25) is 0 Å². The van der Waals surface area contributed by atoms with Gasteiger partial charge in [-0.05, 0) is 37.5 Å². The fourth-order valence-corrected chi connectivity index (χ4v) is 2.36. The lowest BCUT2D eigenvalue weighted by Gasteiger charge is -2.26. The molecule has 0 bridgehead atoms. The summed E-state index contributed by atoms with van der Waals surface area (Å²) in [5.74, 6) is 0. The second kappa shape index (κ2) is 8.76. The summed E-state index contributed by atoms with van der Waals surface area (Å²) in [5, 5.41) is 5.76. The van der Waals surface area contributed by atoms with Crippen molar-refractivity contribution >= 4 is 11.7 Å². The van der Waals surface area contributed by atoms with E-state index in [1.807, 2.05) is 26.0 Å². The number of urea groups is 1. The molecule has 1 aromatic carbocycles. The van der Waals surface area contributed by atoms with E-state index in [0.29, 0.717) is 0 Å². The number of benzene rings is 1. The van der Waals surface area contributed by atoms with Crippen LogP contribution >= 0.6 is 0 Å². The first kappa shape index (κ1) is 16.8. The highest BCUT2D eigenvalue weighted by atomic mass is 16.5. The third kappa shape index (κ3) is 5.66. The molecule has 1 fully saturated rings. The first-order chi connectivity index (χ1) is 10.7. The minimum atomic E-state index is -0.143. The SMILES string of the molecule is CC[C@@H](C)NC(=O)Nc1ccc(CCN2CCOCC2)cc1. The van der Waals surface area contributed by atoms with Gasteiger partial charge in [0, 0.05) is 31.4 Å². The van der Waals surface area contributed by atoms with Gasteiger partial charge in [0.1, 0.15) is 0 Å². The number of rotatable bonds is 6. The Morgan fingerprint density at radius 1 is 1.27 bits per heavy atom. The van der Waals surface area contributed by atoms with Gasteiger partial charge in [-0.2, -0.15) is 0 Å². The van der Waals surface area contributed by atoms with Crippen LogP contribution in [-0.2, 0) is 11.2 Å². The quantitative estimate of drug-likeness (QED) is 0.849. The normalized spacial score (nSPS) is 17.0. The molecule has 0 aromatic heterocycles. The molecule has 22 heavy (non-hydrogen) atoms. The van der Waals surface area contributed by atoms with E-state index in [-0.39, 0.29) is 12.1 Å². The molecular weight excluding hydrogens is 278 g/mol. The fraction of sp³-hybridized carbons (Fsp3) is 0.588. The zero-order valence-corrected chi connectivity index (χ0v) is 13.6. The van der Waals surface area contributed by atoms with Gasteiger partial charge in [0.15, 0.2) is 0 Å². The van der Waals surface area contributed by atoms with E-state index in [1.165, 1.54) is 5.56 Å². The second-order valence-corrected chi connectivity index (χ2v) is 5.81. The van der Waals surface area contributed by atoms with Crippen molar-refractivity contribution in [2.75, 3.05) is 38.2 Å². The third-order valence-corrected chi connectivity index (χ3v) is 4.02. The van der Waals surface area contributed by atoms with E-state index in [1.54, 1.807) is 0 Å². The number of carbonyl (C=O) groups excluding carboxylic acids is 1. The Balaban J connectivity index is 1.76. The maximum absolute atomic E-state index is 11.8. The van der Waals surface area contributed by atoms with Crippen molar-refractivity contribution in [3.8, 4) is 0 Å². The average Bonchev–Trinajstić information content (AvgIpc) is 2.55. The Bertz CT molecular complexity index is 455. The number of anilines is 1. The Labute approximate surface area is 133 Å². The number of hydrogen-bond acceptors (Lipinski definition) is 3. The molecule has 5 nitrogen and oxygen atoms in total. The molecule has 0 saturated carbocycles. The molecule has 1 aliphatic rings. The van der Waals surface area contributed by atoms with Crippen LogP contribution in [0.4, 0.5) is 10.5 Å². The number of ether oxygens (including phenoxy) is 1. The molecule has 0 aliphatic carbocycles. The smallest absolute Gasteiger partial charge is 0.319 e. The van der Waals surface area contributed by atoms with Crippen molar-refractivity contribution < 1.29 is 9.53 Å². The Morgan fingerprint density at radius 2 is 1.95 bits per heavy atom. The van der Waals surface area contributed by atoms with Crippen LogP contribution in [0.25, 0.3) is 0 Å². The lowest BCUT2D eigenvalue weighted by Crippen LogP contribution is -2.37. The van der Waals surface area contributed by atoms with Crippen molar-refractivity contribution in [2.45, 2.75) is 32.7 Å². The summed E-state index contributed by atoms with van der Waals surface area (Å²) >= 11 is 0. The minimum absolute atomic E-state index is 0.143. The minimum Gasteiger partial charge on any atom is -0.379 e. The summed E-state index contributed by atoms with van der Waals surface area (Å²) in [6.07, 6.45) is 1.95. The molecule has 0 unspecified atom stereocenters. The highest BCUT2D eigenvalue weighted by Gasteiger charge is 2.10. The van der Waals surface area contributed by atoms with E-state index in [9.17, 15) is 4.79 Å². The highest BCUT2D eigenvalue weighted by Crippen LogP contribution is 2.11. The molecule has 0 spiro atoms. The first-order valence-corrected chi connectivity index (χ1v) is 8.14. The van der Waals surface area contributed by atoms with Crippen molar-refractivity contribution in [2.24, 2.45) is 0 Å².